The number of nitrogens with zero attached hydrogens (tertiary/aromatic N) is 2. The Hall–Kier alpha value is -0.860. The van der Waals surface area contributed by atoms with Gasteiger partial charge in [-0.1, -0.05) is 39.0 Å². The van der Waals surface area contributed by atoms with E-state index in [1.165, 1.54) is 42.7 Å². The van der Waals surface area contributed by atoms with Gasteiger partial charge in [-0.2, -0.15) is 0 Å². The van der Waals surface area contributed by atoms with Gasteiger partial charge in [0.05, 0.1) is 0 Å². The van der Waals surface area contributed by atoms with E-state index >= 15 is 0 Å². The number of aryl methyl sites for hydroxylation is 1. The molecule has 3 rings (SSSR count). The minimum absolute atomic E-state index is 0.246. The maximum atomic E-state index is 2.71. The number of hydrogen-bond acceptors (Lipinski definition) is 2. The molecule has 0 radical (unpaired) electrons. The van der Waals surface area contributed by atoms with Crippen molar-refractivity contribution in [2.24, 2.45) is 5.92 Å². The van der Waals surface area contributed by atoms with Crippen molar-refractivity contribution in [2.45, 2.75) is 52.1 Å². The normalized spacial score (nSPS) is 27.3. The molecule has 21 heavy (non-hydrogen) atoms. The van der Waals surface area contributed by atoms with Crippen molar-refractivity contribution in [1.82, 2.24) is 9.80 Å². The molecule has 2 fully saturated rings. The predicted molar refractivity (Wildman–Crippen MR) is 89.7 cm³/mol. The van der Waals surface area contributed by atoms with Gasteiger partial charge >= 0.3 is 0 Å². The van der Waals surface area contributed by atoms with E-state index in [0.717, 1.165) is 18.5 Å². The quantitative estimate of drug-likeness (QED) is 0.822. The summed E-state index contributed by atoms with van der Waals surface area (Å²) in [4.78, 5) is 5.20. The van der Waals surface area contributed by atoms with Gasteiger partial charge in [0.2, 0.25) is 0 Å². The zero-order valence-electron chi connectivity index (χ0n) is 14.3. The monoisotopic (exact) mass is 286 g/mol. The number of likely N-dealkylation sites (N-methyl/N-ethyl adjacent to an activating group) is 1. The lowest BCUT2D eigenvalue weighted by Crippen LogP contribution is -2.34. The highest BCUT2D eigenvalue weighted by Crippen LogP contribution is 2.32. The summed E-state index contributed by atoms with van der Waals surface area (Å²) < 4.78 is 0. The third-order valence-corrected chi connectivity index (χ3v) is 5.33. The zero-order valence-corrected chi connectivity index (χ0v) is 14.3. The van der Waals surface area contributed by atoms with Gasteiger partial charge in [-0.05, 0) is 55.0 Å². The van der Waals surface area contributed by atoms with E-state index < -0.39 is 0 Å². The molecule has 2 heteroatoms. The summed E-state index contributed by atoms with van der Waals surface area (Å²) in [6.07, 6.45) is 1.38. The number of benzene rings is 1. The lowest BCUT2D eigenvalue weighted by atomic mass is 9.83. The van der Waals surface area contributed by atoms with E-state index in [0.29, 0.717) is 0 Å². The highest BCUT2D eigenvalue weighted by atomic mass is 15.3. The first-order valence-corrected chi connectivity index (χ1v) is 8.37. The first kappa shape index (κ1) is 15.1. The molecule has 0 aliphatic carbocycles. The van der Waals surface area contributed by atoms with Crippen LogP contribution in [0.5, 0.6) is 0 Å². The number of hydrogen-bond donors (Lipinski definition) is 0. The fourth-order valence-electron chi connectivity index (χ4n) is 4.36. The fraction of sp³-hybridized carbons (Fsp3) is 0.684. The Balaban J connectivity index is 1.73. The van der Waals surface area contributed by atoms with Gasteiger partial charge in [-0.25, -0.2) is 0 Å². The maximum absolute atomic E-state index is 2.71. The van der Waals surface area contributed by atoms with Crippen LogP contribution in [0.1, 0.15) is 43.9 Å². The molecule has 0 saturated carbocycles. The maximum Gasteiger partial charge on any atom is 0.0267 e. The molecule has 0 aromatic heterocycles. The van der Waals surface area contributed by atoms with Crippen molar-refractivity contribution in [1.29, 1.82) is 0 Å². The highest BCUT2D eigenvalue weighted by Gasteiger charge is 2.39. The van der Waals surface area contributed by atoms with Crippen LogP contribution in [0.15, 0.2) is 18.2 Å². The van der Waals surface area contributed by atoms with Crippen LogP contribution in [0.4, 0.5) is 0 Å². The standard InChI is InChI=1S/C19H30N2/c1-14-10-15(6-7-17(14)19(2,3)4)11-21-9-8-16-12-20(5)13-18(16)21/h6-7,10,16,18H,8-9,11-13H2,1-5H3. The van der Waals surface area contributed by atoms with Gasteiger partial charge in [0.15, 0.2) is 0 Å². The molecule has 2 saturated heterocycles. The van der Waals surface area contributed by atoms with Gasteiger partial charge in [-0.15, -0.1) is 0 Å². The second-order valence-corrected chi connectivity index (χ2v) is 8.21. The molecule has 0 bridgehead atoms. The summed E-state index contributed by atoms with van der Waals surface area (Å²) in [5, 5.41) is 0. The Kier molecular flexibility index (Phi) is 3.87. The summed E-state index contributed by atoms with van der Waals surface area (Å²) in [6.45, 7) is 14.1. The van der Waals surface area contributed by atoms with Crippen molar-refractivity contribution in [3.8, 4) is 0 Å². The summed E-state index contributed by atoms with van der Waals surface area (Å²) in [5.74, 6) is 0.907. The van der Waals surface area contributed by atoms with Crippen molar-refractivity contribution >= 4 is 0 Å². The summed E-state index contributed by atoms with van der Waals surface area (Å²) in [6, 6.07) is 7.89. The highest BCUT2D eigenvalue weighted by molar-refractivity contribution is 5.35. The molecule has 2 aliphatic heterocycles. The Bertz CT molecular complexity index is 515. The van der Waals surface area contributed by atoms with Gasteiger partial charge in [0, 0.05) is 25.7 Å². The Morgan fingerprint density at radius 1 is 1.19 bits per heavy atom. The zero-order chi connectivity index (χ0) is 15.2. The molecule has 2 unspecified atom stereocenters. The van der Waals surface area contributed by atoms with Gasteiger partial charge in [0.25, 0.3) is 0 Å². The van der Waals surface area contributed by atoms with Gasteiger partial charge in [0.1, 0.15) is 0 Å². The number of rotatable bonds is 2. The molecule has 0 spiro atoms. The molecule has 1 aromatic rings. The number of likely N-dealkylation sites (tertiary alicyclic amines) is 2. The summed E-state index contributed by atoms with van der Waals surface area (Å²) in [7, 11) is 2.26. The smallest absolute Gasteiger partial charge is 0.0267 e. The molecular formula is C19H30N2. The predicted octanol–water partition coefficient (Wildman–Crippen LogP) is 3.43. The lowest BCUT2D eigenvalue weighted by molar-refractivity contribution is 0.228. The average Bonchev–Trinajstić information content (AvgIpc) is 2.89. The molecule has 2 heterocycles. The largest absolute Gasteiger partial charge is 0.304 e. The second kappa shape index (κ2) is 5.40. The third-order valence-electron chi connectivity index (χ3n) is 5.33. The van der Waals surface area contributed by atoms with Crippen LogP contribution < -0.4 is 0 Å². The fourth-order valence-corrected chi connectivity index (χ4v) is 4.36. The van der Waals surface area contributed by atoms with Crippen LogP contribution in [0.3, 0.4) is 0 Å². The molecule has 1 aromatic carbocycles. The SMILES string of the molecule is Cc1cc(CN2CCC3CN(C)CC32)ccc1C(C)(C)C. The van der Waals surface area contributed by atoms with Crippen molar-refractivity contribution in [2.75, 3.05) is 26.7 Å². The van der Waals surface area contributed by atoms with E-state index in [-0.39, 0.29) is 5.41 Å². The molecule has 116 valence electrons. The van der Waals surface area contributed by atoms with Crippen molar-refractivity contribution in [3.05, 3.63) is 34.9 Å². The van der Waals surface area contributed by atoms with Gasteiger partial charge < -0.3 is 4.90 Å². The Morgan fingerprint density at radius 2 is 1.95 bits per heavy atom. The van der Waals surface area contributed by atoms with Crippen LogP contribution >= 0.6 is 0 Å². The van der Waals surface area contributed by atoms with E-state index in [4.69, 9.17) is 0 Å². The summed E-state index contributed by atoms with van der Waals surface area (Å²) >= 11 is 0. The first-order chi connectivity index (χ1) is 9.84. The Morgan fingerprint density at radius 3 is 2.62 bits per heavy atom. The molecule has 2 nitrogen and oxygen atoms in total. The van der Waals surface area contributed by atoms with Crippen molar-refractivity contribution in [3.63, 3.8) is 0 Å². The Labute approximate surface area is 130 Å². The van der Waals surface area contributed by atoms with E-state index in [1.807, 2.05) is 0 Å². The molecule has 2 atom stereocenters. The topological polar surface area (TPSA) is 6.48 Å². The van der Waals surface area contributed by atoms with Crippen LogP contribution in [0.25, 0.3) is 0 Å². The molecular weight excluding hydrogens is 256 g/mol. The second-order valence-electron chi connectivity index (χ2n) is 8.21. The van der Waals surface area contributed by atoms with Crippen LogP contribution in [-0.2, 0) is 12.0 Å². The van der Waals surface area contributed by atoms with Crippen LogP contribution in [0.2, 0.25) is 0 Å². The van der Waals surface area contributed by atoms with E-state index in [1.54, 1.807) is 0 Å². The molecule has 0 N–H and O–H groups in total. The average molecular weight is 286 g/mol. The third kappa shape index (κ3) is 3.02. The van der Waals surface area contributed by atoms with E-state index in [9.17, 15) is 0 Å². The van der Waals surface area contributed by atoms with Crippen LogP contribution in [0, 0.1) is 12.8 Å². The minimum Gasteiger partial charge on any atom is -0.304 e. The van der Waals surface area contributed by atoms with E-state index in [2.05, 4.69) is 62.7 Å². The lowest BCUT2D eigenvalue weighted by Gasteiger charge is -2.26. The molecule has 0 amide bonds. The van der Waals surface area contributed by atoms with Gasteiger partial charge in [-0.3, -0.25) is 4.90 Å². The van der Waals surface area contributed by atoms with Crippen LogP contribution in [-0.4, -0.2) is 42.5 Å². The summed E-state index contributed by atoms with van der Waals surface area (Å²) in [5.41, 5.74) is 4.65. The first-order valence-electron chi connectivity index (χ1n) is 8.37. The molecule has 2 aliphatic rings. The minimum atomic E-state index is 0.246. The van der Waals surface area contributed by atoms with Crippen molar-refractivity contribution < 1.29 is 0 Å². The number of fused-ring (bicyclic) bond motifs is 1.